The molecular formula is C5H8B2O4P2. The van der Waals surface area contributed by atoms with Gasteiger partial charge in [0.1, 0.15) is 0 Å². The van der Waals surface area contributed by atoms with Crippen LogP contribution in [0.5, 0.6) is 0 Å². The average Bonchev–Trinajstić information content (AvgIpc) is 2.54. The summed E-state index contributed by atoms with van der Waals surface area (Å²) < 4.78 is 31.0. The van der Waals surface area contributed by atoms with Gasteiger partial charge in [-0.2, -0.15) is 0 Å². The average molecular weight is 216 g/mol. The molecule has 13 heavy (non-hydrogen) atoms. The van der Waals surface area contributed by atoms with Gasteiger partial charge in [0.2, 0.25) is 0 Å². The molecule has 0 aromatic carbocycles. The molecule has 0 bridgehead atoms. The summed E-state index contributed by atoms with van der Waals surface area (Å²) in [5, 5.41) is 0. The van der Waals surface area contributed by atoms with Crippen LogP contribution in [0, 0.1) is 0 Å². The van der Waals surface area contributed by atoms with Crippen LogP contribution in [-0.2, 0) is 18.4 Å². The van der Waals surface area contributed by atoms with Crippen LogP contribution < -0.4 is 0 Å². The van der Waals surface area contributed by atoms with Crippen LogP contribution in [0.4, 0.5) is 0 Å². The molecule has 68 valence electrons. The Labute approximate surface area is 82.3 Å². The minimum atomic E-state index is -0.480. The van der Waals surface area contributed by atoms with Crippen LogP contribution in [-0.4, -0.2) is 33.1 Å². The van der Waals surface area contributed by atoms with Crippen molar-refractivity contribution in [2.24, 2.45) is 0 Å². The second-order valence-corrected chi connectivity index (χ2v) is 3.99. The predicted octanol–water partition coefficient (Wildman–Crippen LogP) is 0.533. The Morgan fingerprint density at radius 3 is 2.69 bits per heavy atom. The maximum atomic E-state index is 10.7. The van der Waals surface area contributed by atoms with Crippen LogP contribution in [0.25, 0.3) is 0 Å². The van der Waals surface area contributed by atoms with Gasteiger partial charge in [0.15, 0.2) is 0 Å². The van der Waals surface area contributed by atoms with Gasteiger partial charge in [0, 0.05) is 0 Å². The molecule has 1 rings (SSSR count). The summed E-state index contributed by atoms with van der Waals surface area (Å²) in [5.74, 6) is -0.307. The maximum absolute atomic E-state index is 10.7. The Morgan fingerprint density at radius 1 is 1.62 bits per heavy atom. The molecule has 0 spiro atoms. The SMILES string of the molecule is [B]O[C@H]1[C@@H](P=O)[C@@H](B=O)C[C@H]1OP. The zero-order valence-electron chi connectivity index (χ0n) is 6.83. The molecule has 0 heterocycles. The number of hydrogen-bond donors (Lipinski definition) is 0. The molecule has 1 aliphatic carbocycles. The van der Waals surface area contributed by atoms with Crippen LogP contribution >= 0.6 is 17.9 Å². The normalized spacial score (nSPS) is 39.2. The van der Waals surface area contributed by atoms with E-state index in [1.807, 2.05) is 0 Å². The molecule has 0 aromatic heterocycles. The first-order valence-corrected chi connectivity index (χ1v) is 5.12. The van der Waals surface area contributed by atoms with Crippen molar-refractivity contribution in [2.75, 3.05) is 0 Å². The zero-order valence-corrected chi connectivity index (χ0v) is 8.88. The zero-order chi connectivity index (χ0) is 9.84. The topological polar surface area (TPSA) is 52.6 Å². The molecule has 4 nitrogen and oxygen atoms in total. The molecule has 0 aliphatic heterocycles. The Balaban J connectivity index is 2.76. The summed E-state index contributed by atoms with van der Waals surface area (Å²) in [4.78, 5) is 0. The van der Waals surface area contributed by atoms with Crippen LogP contribution in [0.3, 0.4) is 0 Å². The molecule has 0 saturated heterocycles. The first-order valence-electron chi connectivity index (χ1n) is 3.77. The molecule has 0 aromatic rings. The monoisotopic (exact) mass is 216 g/mol. The van der Waals surface area contributed by atoms with Gasteiger partial charge in [0.05, 0.1) is 0 Å². The third kappa shape index (κ3) is 2.24. The van der Waals surface area contributed by atoms with Crippen molar-refractivity contribution in [3.8, 4) is 0 Å². The van der Waals surface area contributed by atoms with Gasteiger partial charge in [-0.05, 0) is 0 Å². The molecule has 1 saturated carbocycles. The van der Waals surface area contributed by atoms with E-state index < -0.39 is 11.8 Å². The van der Waals surface area contributed by atoms with E-state index in [0.717, 1.165) is 7.15 Å². The van der Waals surface area contributed by atoms with E-state index >= 15 is 0 Å². The van der Waals surface area contributed by atoms with Gasteiger partial charge < -0.3 is 0 Å². The van der Waals surface area contributed by atoms with Crippen LogP contribution in [0.1, 0.15) is 6.42 Å². The number of rotatable bonds is 4. The van der Waals surface area contributed by atoms with Crippen molar-refractivity contribution in [1.82, 2.24) is 0 Å². The van der Waals surface area contributed by atoms with E-state index in [0.29, 0.717) is 6.42 Å². The third-order valence-corrected chi connectivity index (χ3v) is 3.54. The predicted molar refractivity (Wildman–Crippen MR) is 51.4 cm³/mol. The summed E-state index contributed by atoms with van der Waals surface area (Å²) in [6.45, 7) is 0. The van der Waals surface area contributed by atoms with E-state index in [4.69, 9.17) is 12.6 Å². The first kappa shape index (κ1) is 11.5. The molecule has 0 amide bonds. The van der Waals surface area contributed by atoms with E-state index in [2.05, 4.69) is 14.1 Å². The van der Waals surface area contributed by atoms with E-state index in [1.54, 1.807) is 0 Å². The Morgan fingerprint density at radius 2 is 2.31 bits per heavy atom. The van der Waals surface area contributed by atoms with Crippen molar-refractivity contribution in [2.45, 2.75) is 30.1 Å². The van der Waals surface area contributed by atoms with Gasteiger partial charge in [-0.3, -0.25) is 0 Å². The summed E-state index contributed by atoms with van der Waals surface area (Å²) in [6, 6.07) is 0. The van der Waals surface area contributed by atoms with Gasteiger partial charge >= 0.3 is 81.7 Å². The van der Waals surface area contributed by atoms with Gasteiger partial charge in [-0.1, -0.05) is 0 Å². The third-order valence-electron chi connectivity index (χ3n) is 2.27. The fourth-order valence-corrected chi connectivity index (χ4v) is 2.58. The van der Waals surface area contributed by atoms with Gasteiger partial charge in [-0.15, -0.1) is 0 Å². The van der Waals surface area contributed by atoms with Gasteiger partial charge in [-0.25, -0.2) is 0 Å². The van der Waals surface area contributed by atoms with E-state index in [-0.39, 0.29) is 20.4 Å². The molecule has 5 atom stereocenters. The first-order chi connectivity index (χ1) is 6.28. The molecule has 1 fully saturated rings. The van der Waals surface area contributed by atoms with Crippen molar-refractivity contribution in [3.63, 3.8) is 0 Å². The molecule has 2 radical (unpaired) electrons. The minimum absolute atomic E-state index is 0.130. The molecule has 1 aliphatic rings. The van der Waals surface area contributed by atoms with Crippen molar-refractivity contribution in [3.05, 3.63) is 0 Å². The fraction of sp³-hybridized carbons (Fsp3) is 1.00. The van der Waals surface area contributed by atoms with Crippen molar-refractivity contribution < 1.29 is 18.4 Å². The Kier molecular flexibility index (Phi) is 4.68. The quantitative estimate of drug-likeness (QED) is 0.507. The summed E-state index contributed by atoms with van der Waals surface area (Å²) in [7, 11) is 7.77. The Hall–Kier alpha value is 0.380. The second-order valence-electron chi connectivity index (χ2n) is 2.91. The number of hydrogen-bond acceptors (Lipinski definition) is 4. The molecule has 1 unspecified atom stereocenters. The summed E-state index contributed by atoms with van der Waals surface area (Å²) in [6.07, 6.45) is -0.266. The van der Waals surface area contributed by atoms with Crippen molar-refractivity contribution >= 4 is 33.1 Å². The molecule has 0 N–H and O–H groups in total. The summed E-state index contributed by atoms with van der Waals surface area (Å²) >= 11 is 0. The molecular weight excluding hydrogens is 208 g/mol. The van der Waals surface area contributed by atoms with Gasteiger partial charge in [0.25, 0.3) is 0 Å². The Bertz CT molecular complexity index is 205. The summed E-state index contributed by atoms with van der Waals surface area (Å²) in [5.41, 5.74) is -0.395. The van der Waals surface area contributed by atoms with Crippen LogP contribution in [0.15, 0.2) is 0 Å². The molecule has 8 heteroatoms. The van der Waals surface area contributed by atoms with E-state index in [9.17, 15) is 9.27 Å². The second kappa shape index (κ2) is 5.31. The van der Waals surface area contributed by atoms with Crippen molar-refractivity contribution in [1.29, 1.82) is 0 Å². The van der Waals surface area contributed by atoms with E-state index in [1.165, 1.54) is 0 Å². The fourth-order valence-electron chi connectivity index (χ4n) is 1.58. The standard InChI is InChI=1S/C5H8B2O4P2/c6-10-4-3(11-12)1-2(7-8)5(4)13-9/h2-5H,1,12H2/t2-,3+,4+,5-/m0/s1. The van der Waals surface area contributed by atoms with Crippen LogP contribution in [0.2, 0.25) is 5.82 Å².